The van der Waals surface area contributed by atoms with Gasteiger partial charge in [-0.05, 0) is 62.3 Å². The van der Waals surface area contributed by atoms with Crippen molar-refractivity contribution in [1.82, 2.24) is 14.3 Å². The van der Waals surface area contributed by atoms with E-state index in [4.69, 9.17) is 0 Å². The van der Waals surface area contributed by atoms with Crippen molar-refractivity contribution in [2.45, 2.75) is 61.9 Å². The van der Waals surface area contributed by atoms with Crippen molar-refractivity contribution in [3.8, 4) is 0 Å². The smallest absolute Gasteiger partial charge is 0.240 e. The van der Waals surface area contributed by atoms with Crippen molar-refractivity contribution in [3.63, 3.8) is 0 Å². The minimum atomic E-state index is -3.70. The van der Waals surface area contributed by atoms with Crippen molar-refractivity contribution in [1.29, 1.82) is 0 Å². The fourth-order valence-electron chi connectivity index (χ4n) is 3.99. The number of benzene rings is 1. The molecule has 1 saturated heterocycles. The number of piperidine rings is 1. The molecule has 3 atom stereocenters. The zero-order valence-electron chi connectivity index (χ0n) is 16.8. The van der Waals surface area contributed by atoms with Gasteiger partial charge in [-0.3, -0.25) is 0 Å². The quantitative estimate of drug-likeness (QED) is 0.657. The second kappa shape index (κ2) is 8.39. The third kappa shape index (κ3) is 5.76. The number of likely N-dealkylation sites (tertiary alicyclic amines) is 1. The van der Waals surface area contributed by atoms with Gasteiger partial charge in [0.1, 0.15) is 0 Å². The van der Waals surface area contributed by atoms with Crippen LogP contribution in [0.2, 0.25) is 0 Å². The van der Waals surface area contributed by atoms with Crippen molar-refractivity contribution in [2.75, 3.05) is 19.6 Å². The van der Waals surface area contributed by atoms with Crippen molar-refractivity contribution >= 4 is 20.0 Å². The molecule has 0 unspecified atom stereocenters. The van der Waals surface area contributed by atoms with Gasteiger partial charge in [-0.1, -0.05) is 13.8 Å². The maximum atomic E-state index is 12.7. The van der Waals surface area contributed by atoms with E-state index in [1.54, 1.807) is 0 Å². The Bertz CT molecular complexity index is 870. The molecule has 0 spiro atoms. The Labute approximate surface area is 169 Å². The average Bonchev–Trinajstić information content (AvgIpc) is 3.36. The van der Waals surface area contributed by atoms with Gasteiger partial charge in [0, 0.05) is 31.7 Å². The van der Waals surface area contributed by atoms with Gasteiger partial charge in [0.05, 0.1) is 9.79 Å². The van der Waals surface area contributed by atoms with Crippen molar-refractivity contribution in [2.24, 2.45) is 11.8 Å². The normalized spacial score (nSPS) is 25.5. The molecule has 1 aromatic rings. The summed E-state index contributed by atoms with van der Waals surface area (Å²) in [6.07, 6.45) is 2.91. The van der Waals surface area contributed by atoms with Crippen molar-refractivity contribution in [3.05, 3.63) is 24.3 Å². The first kappa shape index (κ1) is 21.7. The highest BCUT2D eigenvalue weighted by molar-refractivity contribution is 7.90. The molecule has 3 rings (SSSR count). The highest BCUT2D eigenvalue weighted by atomic mass is 32.2. The van der Waals surface area contributed by atoms with Crippen LogP contribution in [0.15, 0.2) is 34.1 Å². The van der Waals surface area contributed by atoms with E-state index in [0.29, 0.717) is 18.4 Å². The second-order valence-corrected chi connectivity index (χ2v) is 12.0. The largest absolute Gasteiger partial charge is 0.301 e. The molecule has 2 aliphatic rings. The van der Waals surface area contributed by atoms with Crippen LogP contribution >= 0.6 is 0 Å². The molecule has 0 amide bonds. The summed E-state index contributed by atoms with van der Waals surface area (Å²) in [6.45, 7) is 8.94. The predicted molar refractivity (Wildman–Crippen MR) is 109 cm³/mol. The summed E-state index contributed by atoms with van der Waals surface area (Å²) in [5.41, 5.74) is 0. The summed E-state index contributed by atoms with van der Waals surface area (Å²) >= 11 is 0. The van der Waals surface area contributed by atoms with E-state index in [1.807, 2.05) is 6.92 Å². The maximum Gasteiger partial charge on any atom is 0.240 e. The Balaban J connectivity index is 1.62. The fraction of sp³-hybridized carbons (Fsp3) is 0.684. The molecular formula is C19H31N3O4S2. The van der Waals surface area contributed by atoms with E-state index in [9.17, 15) is 16.8 Å². The third-order valence-corrected chi connectivity index (χ3v) is 8.32. The molecule has 1 aliphatic carbocycles. The van der Waals surface area contributed by atoms with Crippen LogP contribution in [-0.4, -0.2) is 53.5 Å². The Morgan fingerprint density at radius 2 is 1.46 bits per heavy atom. The van der Waals surface area contributed by atoms with Gasteiger partial charge in [0.25, 0.3) is 0 Å². The van der Waals surface area contributed by atoms with Gasteiger partial charge in [-0.15, -0.1) is 0 Å². The minimum Gasteiger partial charge on any atom is -0.301 e. The van der Waals surface area contributed by atoms with Crippen LogP contribution in [0.1, 0.15) is 40.0 Å². The van der Waals surface area contributed by atoms with E-state index < -0.39 is 20.0 Å². The Morgan fingerprint density at radius 1 is 0.964 bits per heavy atom. The maximum absolute atomic E-state index is 12.7. The van der Waals surface area contributed by atoms with Crippen LogP contribution in [0.3, 0.4) is 0 Å². The Morgan fingerprint density at radius 3 is 1.96 bits per heavy atom. The molecule has 2 N–H and O–H groups in total. The first-order chi connectivity index (χ1) is 13.0. The van der Waals surface area contributed by atoms with Crippen molar-refractivity contribution < 1.29 is 16.8 Å². The SMILES string of the molecule is C[C@@H]1C[C@@H](C)CN(C[C@@H](C)NS(=O)(=O)c2ccc(S(=O)(=O)NC3CC3)cc2)C1. The van der Waals surface area contributed by atoms with Gasteiger partial charge in [-0.25, -0.2) is 26.3 Å². The standard InChI is InChI=1S/C19H31N3O4S2/c1-14-10-15(2)12-22(11-14)13-16(3)20-27(23,24)18-6-8-19(9-7-18)28(25,26)21-17-4-5-17/h6-9,14-17,20-21H,4-5,10-13H2,1-3H3/t14-,15-,16-/m1/s1. The fourth-order valence-corrected chi connectivity index (χ4v) is 6.52. The van der Waals surface area contributed by atoms with Gasteiger partial charge < -0.3 is 4.90 Å². The number of rotatable bonds is 8. The number of sulfonamides is 2. The molecule has 1 saturated carbocycles. The summed E-state index contributed by atoms with van der Waals surface area (Å²) in [5.74, 6) is 1.23. The predicted octanol–water partition coefficient (Wildman–Crippen LogP) is 1.77. The van der Waals surface area contributed by atoms with E-state index in [2.05, 4.69) is 28.2 Å². The lowest BCUT2D eigenvalue weighted by Gasteiger charge is -2.36. The number of nitrogens with one attached hydrogen (secondary N) is 2. The summed E-state index contributed by atoms with van der Waals surface area (Å²) in [4.78, 5) is 2.47. The lowest BCUT2D eigenvalue weighted by Crippen LogP contribution is -2.46. The first-order valence-electron chi connectivity index (χ1n) is 9.92. The Hall–Kier alpha value is -1.00. The first-order valence-corrected chi connectivity index (χ1v) is 12.9. The lowest BCUT2D eigenvalue weighted by molar-refractivity contribution is 0.134. The molecule has 0 aromatic heterocycles. The molecule has 1 aliphatic heterocycles. The molecule has 0 radical (unpaired) electrons. The van der Waals surface area contributed by atoms with Gasteiger partial charge in [0.2, 0.25) is 20.0 Å². The molecule has 1 heterocycles. The molecular weight excluding hydrogens is 398 g/mol. The van der Waals surface area contributed by atoms with Crippen LogP contribution in [0, 0.1) is 11.8 Å². The number of hydrogen-bond donors (Lipinski definition) is 2. The van der Waals surface area contributed by atoms with Crippen LogP contribution < -0.4 is 9.44 Å². The van der Waals surface area contributed by atoms with Crippen LogP contribution in [0.5, 0.6) is 0 Å². The van der Waals surface area contributed by atoms with E-state index in [0.717, 1.165) is 25.9 Å². The molecule has 7 nitrogen and oxygen atoms in total. The van der Waals surface area contributed by atoms with Crippen LogP contribution in [-0.2, 0) is 20.0 Å². The molecule has 2 fully saturated rings. The summed E-state index contributed by atoms with van der Waals surface area (Å²) in [6, 6.07) is 5.16. The van der Waals surface area contributed by atoms with E-state index >= 15 is 0 Å². The minimum absolute atomic E-state index is 0.0103. The van der Waals surface area contributed by atoms with Gasteiger partial charge >= 0.3 is 0 Å². The second-order valence-electron chi connectivity index (χ2n) is 8.55. The summed E-state index contributed by atoms with van der Waals surface area (Å²) < 4.78 is 55.1. The molecule has 1 aromatic carbocycles. The van der Waals surface area contributed by atoms with Gasteiger partial charge in [0.15, 0.2) is 0 Å². The van der Waals surface area contributed by atoms with Gasteiger partial charge in [-0.2, -0.15) is 0 Å². The topological polar surface area (TPSA) is 95.6 Å². The molecule has 0 bridgehead atoms. The lowest BCUT2D eigenvalue weighted by atomic mass is 9.92. The zero-order chi connectivity index (χ0) is 20.5. The number of hydrogen-bond acceptors (Lipinski definition) is 5. The number of nitrogens with zero attached hydrogens (tertiary/aromatic N) is 1. The van der Waals surface area contributed by atoms with Crippen LogP contribution in [0.4, 0.5) is 0 Å². The third-order valence-electron chi connectivity index (χ3n) is 5.18. The monoisotopic (exact) mass is 429 g/mol. The molecule has 9 heteroatoms. The highest BCUT2D eigenvalue weighted by Gasteiger charge is 2.29. The van der Waals surface area contributed by atoms with E-state index in [-0.39, 0.29) is 21.9 Å². The summed E-state index contributed by atoms with van der Waals surface area (Å²) in [5, 5.41) is 0. The molecule has 28 heavy (non-hydrogen) atoms. The van der Waals surface area contributed by atoms with Crippen LogP contribution in [0.25, 0.3) is 0 Å². The highest BCUT2D eigenvalue weighted by Crippen LogP contribution is 2.23. The Kier molecular flexibility index (Phi) is 6.51. The van der Waals surface area contributed by atoms with E-state index in [1.165, 1.54) is 30.7 Å². The summed E-state index contributed by atoms with van der Waals surface area (Å²) in [7, 11) is -7.29. The zero-order valence-corrected chi connectivity index (χ0v) is 18.4. The molecule has 158 valence electrons. The average molecular weight is 430 g/mol.